The Balaban J connectivity index is 1.51. The minimum Gasteiger partial charge on any atom is -0.322 e. The molecule has 0 saturated heterocycles. The van der Waals surface area contributed by atoms with E-state index in [-0.39, 0.29) is 20.4 Å². The van der Waals surface area contributed by atoms with Crippen molar-refractivity contribution in [2.75, 3.05) is 14.8 Å². The summed E-state index contributed by atoms with van der Waals surface area (Å²) >= 11 is 6.20. The van der Waals surface area contributed by atoms with E-state index in [9.17, 15) is 21.6 Å². The second-order valence-electron chi connectivity index (χ2n) is 9.38. The highest BCUT2D eigenvalue weighted by molar-refractivity contribution is 7.93. The molecule has 0 aliphatic rings. The lowest BCUT2D eigenvalue weighted by molar-refractivity contribution is 0.102. The molecule has 4 rings (SSSR count). The van der Waals surface area contributed by atoms with Crippen LogP contribution in [0.25, 0.3) is 0 Å². The van der Waals surface area contributed by atoms with Crippen LogP contribution in [0.2, 0.25) is 5.02 Å². The standard InChI is InChI=1S/C29H28ClN3O5S2/c1-18-8-10-24(16-20(18)3)32-39(35,36)25-13-11-23(12-14-25)31-29(34)22-9-15-26(30)28(17-22)40(37,38)33-27-7-5-6-19(2)21(27)4/h5-17,32-33H,1-4H3,(H,31,34). The van der Waals surface area contributed by atoms with Crippen molar-refractivity contribution in [1.82, 2.24) is 0 Å². The second kappa shape index (κ2) is 11.3. The molecule has 1 amide bonds. The van der Waals surface area contributed by atoms with Gasteiger partial charge in [-0.15, -0.1) is 0 Å². The summed E-state index contributed by atoms with van der Waals surface area (Å²) in [4.78, 5) is 12.7. The number of sulfonamides is 2. The number of aryl methyl sites for hydroxylation is 3. The Morgan fingerprint density at radius 1 is 0.675 bits per heavy atom. The van der Waals surface area contributed by atoms with Crippen LogP contribution in [0.5, 0.6) is 0 Å². The molecule has 0 atom stereocenters. The van der Waals surface area contributed by atoms with Gasteiger partial charge in [0.15, 0.2) is 0 Å². The maximum atomic E-state index is 13.1. The zero-order valence-corrected chi connectivity index (χ0v) is 24.6. The maximum Gasteiger partial charge on any atom is 0.263 e. The summed E-state index contributed by atoms with van der Waals surface area (Å²) in [5.74, 6) is -0.594. The van der Waals surface area contributed by atoms with E-state index in [4.69, 9.17) is 11.6 Å². The van der Waals surface area contributed by atoms with Crippen molar-refractivity contribution >= 4 is 54.6 Å². The molecule has 3 N–H and O–H groups in total. The fourth-order valence-electron chi connectivity index (χ4n) is 3.85. The van der Waals surface area contributed by atoms with Crippen LogP contribution in [0.3, 0.4) is 0 Å². The largest absolute Gasteiger partial charge is 0.322 e. The second-order valence-corrected chi connectivity index (χ2v) is 13.1. The zero-order chi connectivity index (χ0) is 29.2. The number of anilines is 3. The number of amides is 1. The summed E-state index contributed by atoms with van der Waals surface area (Å²) in [7, 11) is -7.95. The molecular formula is C29H28ClN3O5S2. The molecule has 4 aromatic carbocycles. The van der Waals surface area contributed by atoms with Crippen LogP contribution in [0.1, 0.15) is 32.6 Å². The van der Waals surface area contributed by atoms with E-state index < -0.39 is 26.0 Å². The molecule has 0 aliphatic heterocycles. The Morgan fingerprint density at radius 2 is 1.35 bits per heavy atom. The van der Waals surface area contributed by atoms with E-state index in [0.29, 0.717) is 17.1 Å². The smallest absolute Gasteiger partial charge is 0.263 e. The van der Waals surface area contributed by atoms with Crippen molar-refractivity contribution in [1.29, 1.82) is 0 Å². The van der Waals surface area contributed by atoms with Crippen LogP contribution in [-0.2, 0) is 20.0 Å². The third-order valence-electron chi connectivity index (χ3n) is 6.51. The molecule has 0 heterocycles. The lowest BCUT2D eigenvalue weighted by Crippen LogP contribution is -2.17. The number of carbonyl (C=O) groups excluding carboxylic acids is 1. The Bertz CT molecular complexity index is 1820. The molecule has 4 aromatic rings. The molecule has 0 saturated carbocycles. The van der Waals surface area contributed by atoms with E-state index in [0.717, 1.165) is 22.3 Å². The number of hydrogen-bond acceptors (Lipinski definition) is 5. The summed E-state index contributed by atoms with van der Waals surface area (Å²) in [6.45, 7) is 7.50. The van der Waals surface area contributed by atoms with Crippen molar-refractivity contribution in [2.24, 2.45) is 0 Å². The van der Waals surface area contributed by atoms with Gasteiger partial charge in [-0.3, -0.25) is 14.2 Å². The van der Waals surface area contributed by atoms with Gasteiger partial charge in [0, 0.05) is 16.9 Å². The van der Waals surface area contributed by atoms with Gasteiger partial charge >= 0.3 is 0 Å². The molecule has 0 unspecified atom stereocenters. The zero-order valence-electron chi connectivity index (χ0n) is 22.2. The first kappa shape index (κ1) is 29.1. The van der Waals surface area contributed by atoms with Gasteiger partial charge in [0.1, 0.15) is 4.90 Å². The Kier molecular flexibility index (Phi) is 8.25. The van der Waals surface area contributed by atoms with Gasteiger partial charge in [0.2, 0.25) is 0 Å². The molecule has 0 radical (unpaired) electrons. The first-order chi connectivity index (χ1) is 18.8. The van der Waals surface area contributed by atoms with Crippen LogP contribution in [0.15, 0.2) is 88.7 Å². The van der Waals surface area contributed by atoms with Gasteiger partial charge in [-0.2, -0.15) is 0 Å². The first-order valence-electron chi connectivity index (χ1n) is 12.2. The molecule has 208 valence electrons. The number of halogens is 1. The maximum absolute atomic E-state index is 13.1. The average Bonchev–Trinajstić information content (AvgIpc) is 2.89. The van der Waals surface area contributed by atoms with E-state index in [2.05, 4.69) is 14.8 Å². The lowest BCUT2D eigenvalue weighted by atomic mass is 10.1. The third-order valence-corrected chi connectivity index (χ3v) is 9.76. The molecule has 0 aliphatic carbocycles. The number of rotatable bonds is 8. The monoisotopic (exact) mass is 597 g/mol. The fraction of sp³-hybridized carbons (Fsp3) is 0.138. The lowest BCUT2D eigenvalue weighted by Gasteiger charge is -2.14. The number of benzene rings is 4. The molecule has 8 nitrogen and oxygen atoms in total. The molecule has 0 bridgehead atoms. The predicted octanol–water partition coefficient (Wildman–Crippen LogP) is 6.43. The van der Waals surface area contributed by atoms with Crippen molar-refractivity contribution in [3.63, 3.8) is 0 Å². The fourth-order valence-corrected chi connectivity index (χ4v) is 6.55. The molecule has 0 spiro atoms. The Labute approximate surface area is 239 Å². The molecular weight excluding hydrogens is 570 g/mol. The minimum absolute atomic E-state index is 0.0149. The summed E-state index contributed by atoms with van der Waals surface area (Å²) in [6.07, 6.45) is 0. The van der Waals surface area contributed by atoms with Crippen LogP contribution in [0, 0.1) is 27.7 Å². The number of nitrogens with one attached hydrogen (secondary N) is 3. The molecule has 0 aromatic heterocycles. The van der Waals surface area contributed by atoms with E-state index in [1.807, 2.05) is 32.9 Å². The Hall–Kier alpha value is -3.86. The predicted molar refractivity (Wildman–Crippen MR) is 159 cm³/mol. The van der Waals surface area contributed by atoms with Crippen molar-refractivity contribution in [3.8, 4) is 0 Å². The van der Waals surface area contributed by atoms with E-state index >= 15 is 0 Å². The normalized spacial score (nSPS) is 11.6. The summed E-state index contributed by atoms with van der Waals surface area (Å²) in [6, 6.07) is 20.1. The quantitative estimate of drug-likeness (QED) is 0.216. The summed E-state index contributed by atoms with van der Waals surface area (Å²) in [5.41, 5.74) is 4.92. The van der Waals surface area contributed by atoms with Crippen LogP contribution in [0.4, 0.5) is 17.1 Å². The van der Waals surface area contributed by atoms with Gasteiger partial charge in [0.05, 0.1) is 15.6 Å². The van der Waals surface area contributed by atoms with Crippen molar-refractivity contribution < 1.29 is 21.6 Å². The SMILES string of the molecule is Cc1ccc(NS(=O)(=O)c2ccc(NC(=O)c3ccc(Cl)c(S(=O)(=O)Nc4cccc(C)c4C)c3)cc2)cc1C. The van der Waals surface area contributed by atoms with E-state index in [1.165, 1.54) is 42.5 Å². The van der Waals surface area contributed by atoms with Crippen molar-refractivity contribution in [3.05, 3.63) is 112 Å². The summed E-state index contributed by atoms with van der Waals surface area (Å²) in [5, 5.41) is 2.61. The number of hydrogen-bond donors (Lipinski definition) is 3. The molecule has 0 fully saturated rings. The average molecular weight is 598 g/mol. The highest BCUT2D eigenvalue weighted by Gasteiger charge is 2.22. The van der Waals surface area contributed by atoms with Crippen LogP contribution in [-0.4, -0.2) is 22.7 Å². The van der Waals surface area contributed by atoms with E-state index in [1.54, 1.807) is 31.2 Å². The van der Waals surface area contributed by atoms with Gasteiger partial charge < -0.3 is 5.32 Å². The highest BCUT2D eigenvalue weighted by atomic mass is 35.5. The number of carbonyl (C=O) groups is 1. The first-order valence-corrected chi connectivity index (χ1v) is 15.5. The third kappa shape index (κ3) is 6.47. The molecule has 40 heavy (non-hydrogen) atoms. The minimum atomic E-state index is -4.10. The van der Waals surface area contributed by atoms with Gasteiger partial charge in [-0.25, -0.2) is 16.8 Å². The van der Waals surface area contributed by atoms with Crippen LogP contribution < -0.4 is 14.8 Å². The summed E-state index contributed by atoms with van der Waals surface area (Å²) < 4.78 is 57.0. The Morgan fingerprint density at radius 3 is 2.02 bits per heavy atom. The van der Waals surface area contributed by atoms with Crippen LogP contribution >= 0.6 is 11.6 Å². The topological polar surface area (TPSA) is 121 Å². The van der Waals surface area contributed by atoms with Crippen molar-refractivity contribution in [2.45, 2.75) is 37.5 Å². The van der Waals surface area contributed by atoms with Gasteiger partial charge in [0.25, 0.3) is 26.0 Å². The van der Waals surface area contributed by atoms with Gasteiger partial charge in [-0.05, 0) is 111 Å². The highest BCUT2D eigenvalue weighted by Crippen LogP contribution is 2.28. The van der Waals surface area contributed by atoms with Gasteiger partial charge in [-0.1, -0.05) is 29.8 Å². The molecule has 11 heteroatoms.